The second-order valence-corrected chi connectivity index (χ2v) is 22.4. The number of β-amino-alcohol motifs (C(OH)–C–C–N with tert-alkyl or cyclic N) is 1. The Bertz CT molecular complexity index is 3330. The van der Waals surface area contributed by atoms with Gasteiger partial charge in [0.25, 0.3) is 5.91 Å². The number of rotatable bonds is 13. The van der Waals surface area contributed by atoms with Gasteiger partial charge in [-0.3, -0.25) is 28.7 Å². The van der Waals surface area contributed by atoms with E-state index in [0.29, 0.717) is 40.4 Å². The zero-order chi connectivity index (χ0) is 52.3. The van der Waals surface area contributed by atoms with E-state index in [1.165, 1.54) is 4.90 Å². The van der Waals surface area contributed by atoms with Gasteiger partial charge in [-0.05, 0) is 99.7 Å². The molecule has 1 aliphatic carbocycles. The molecule has 3 aromatic carbocycles. The van der Waals surface area contributed by atoms with Crippen molar-refractivity contribution >= 4 is 63.2 Å². The van der Waals surface area contributed by atoms with E-state index < -0.39 is 47.4 Å². The summed E-state index contributed by atoms with van der Waals surface area (Å²) in [4.78, 5) is 67.9. The number of aliphatic imine (C=N–C) groups is 1. The van der Waals surface area contributed by atoms with E-state index in [9.17, 15) is 24.3 Å². The van der Waals surface area contributed by atoms with E-state index in [1.54, 1.807) is 41.8 Å². The van der Waals surface area contributed by atoms with Crippen LogP contribution in [0.3, 0.4) is 0 Å². The van der Waals surface area contributed by atoms with Crippen LogP contribution in [0.4, 0.5) is 0 Å². The predicted octanol–water partition coefficient (Wildman–Crippen LogP) is 8.14. The lowest BCUT2D eigenvalue weighted by molar-refractivity contribution is -0.142. The average molecular weight is 1040 g/mol. The fraction of sp³-hybridized carbons (Fsp3) is 0.382. The zero-order valence-corrected chi connectivity index (χ0v) is 44.0. The summed E-state index contributed by atoms with van der Waals surface area (Å²) < 4.78 is 16.3. The molecule has 17 nitrogen and oxygen atoms in total. The van der Waals surface area contributed by atoms with E-state index >= 15 is 0 Å². The van der Waals surface area contributed by atoms with Gasteiger partial charge in [0.15, 0.2) is 11.6 Å². The van der Waals surface area contributed by atoms with Gasteiger partial charge in [-0.15, -0.1) is 21.5 Å². The molecule has 4 amide bonds. The first-order chi connectivity index (χ1) is 35.3. The molecule has 0 spiro atoms. The van der Waals surface area contributed by atoms with Gasteiger partial charge in [0.2, 0.25) is 17.7 Å². The zero-order valence-electron chi connectivity index (χ0n) is 42.5. The number of fused-ring (bicyclic) bond motifs is 4. The Morgan fingerprint density at radius 3 is 2.38 bits per heavy atom. The highest BCUT2D eigenvalue weighted by Crippen LogP contribution is 2.40. The highest BCUT2D eigenvalue weighted by atomic mass is 35.5. The maximum atomic E-state index is 14.4. The van der Waals surface area contributed by atoms with Crippen LogP contribution < -0.4 is 20.7 Å². The smallest absolute Gasteiger partial charge is 0.287 e. The minimum Gasteiger partial charge on any atom is -0.490 e. The SMILES string of the molecule is Cc1sc2c(c1C)C(c1ccc(Cl)cc1)=N[C@@H](CC(=O)N[C@H]1C[C@@H](Oc3ccc4oc(C(=O)N[C@H](C(=O)N5C[C@H](O)C[C@H]5C(=O)N[C@@H](C)c5ccc(-n6ccnc6C)cc5)C(C)(C)C)cc4c3)C1)c1nnc(C)n1-2. The van der Waals surface area contributed by atoms with Crippen LogP contribution in [0.15, 0.2) is 94.6 Å². The molecule has 384 valence electrons. The van der Waals surface area contributed by atoms with E-state index in [2.05, 4.69) is 45.0 Å². The number of aromatic nitrogens is 5. The molecule has 74 heavy (non-hydrogen) atoms. The number of aliphatic hydroxyl groups excluding tert-OH is 1. The number of ether oxygens (including phenoxy) is 1. The van der Waals surface area contributed by atoms with E-state index in [1.807, 2.05) is 105 Å². The highest BCUT2D eigenvalue weighted by Gasteiger charge is 2.45. The van der Waals surface area contributed by atoms with Crippen LogP contribution in [0, 0.1) is 33.1 Å². The van der Waals surface area contributed by atoms with Gasteiger partial charge in [0.1, 0.15) is 52.2 Å². The summed E-state index contributed by atoms with van der Waals surface area (Å²) in [5.74, 6) is 1.11. The number of amides is 4. The number of aliphatic hydroxyl groups is 1. The molecular formula is C55H59ClN10O7S. The van der Waals surface area contributed by atoms with Crippen LogP contribution in [-0.4, -0.2) is 101 Å². The van der Waals surface area contributed by atoms with Crippen LogP contribution in [0.2, 0.25) is 5.02 Å². The van der Waals surface area contributed by atoms with Crippen molar-refractivity contribution in [3.8, 4) is 16.4 Å². The molecule has 6 heterocycles. The lowest BCUT2D eigenvalue weighted by Gasteiger charge is -2.36. The van der Waals surface area contributed by atoms with E-state index in [-0.39, 0.29) is 49.2 Å². The quantitative estimate of drug-likeness (QED) is 0.0871. The monoisotopic (exact) mass is 1040 g/mol. The van der Waals surface area contributed by atoms with Crippen molar-refractivity contribution in [2.45, 2.75) is 123 Å². The van der Waals surface area contributed by atoms with Crippen molar-refractivity contribution in [1.82, 2.24) is 45.2 Å². The van der Waals surface area contributed by atoms with Crippen molar-refractivity contribution in [3.63, 3.8) is 0 Å². The molecule has 10 rings (SSSR count). The van der Waals surface area contributed by atoms with Gasteiger partial charge in [0, 0.05) is 76.3 Å². The predicted molar refractivity (Wildman–Crippen MR) is 281 cm³/mol. The number of furan rings is 1. The first kappa shape index (κ1) is 50.4. The number of imidazole rings is 1. The number of halogens is 1. The molecule has 0 bridgehead atoms. The average Bonchev–Trinajstić information content (AvgIpc) is 4.20. The molecular weight excluding hydrogens is 980 g/mol. The first-order valence-corrected chi connectivity index (χ1v) is 26.0. The molecule has 5 atom stereocenters. The third kappa shape index (κ3) is 9.97. The Kier molecular flexibility index (Phi) is 13.6. The molecule has 2 fully saturated rings. The van der Waals surface area contributed by atoms with Crippen LogP contribution in [-0.2, 0) is 14.4 Å². The Hall–Kier alpha value is -7.15. The highest BCUT2D eigenvalue weighted by molar-refractivity contribution is 7.15. The largest absolute Gasteiger partial charge is 0.490 e. The third-order valence-corrected chi connectivity index (χ3v) is 15.8. The number of benzene rings is 3. The van der Waals surface area contributed by atoms with Crippen molar-refractivity contribution in [1.29, 1.82) is 0 Å². The summed E-state index contributed by atoms with van der Waals surface area (Å²) in [5, 5.41) is 31.0. The lowest BCUT2D eigenvalue weighted by atomic mass is 9.85. The lowest BCUT2D eigenvalue weighted by Crippen LogP contribution is -2.57. The number of aryl methyl sites for hydroxylation is 3. The summed E-state index contributed by atoms with van der Waals surface area (Å²) in [6.45, 7) is 15.3. The molecule has 2 aliphatic heterocycles. The van der Waals surface area contributed by atoms with Crippen molar-refractivity contribution < 1.29 is 33.4 Å². The van der Waals surface area contributed by atoms with E-state index in [4.69, 9.17) is 25.7 Å². The summed E-state index contributed by atoms with van der Waals surface area (Å²) in [6.07, 6.45) is 3.86. The molecule has 19 heteroatoms. The number of thiophene rings is 1. The summed E-state index contributed by atoms with van der Waals surface area (Å²) in [7, 11) is 0. The first-order valence-electron chi connectivity index (χ1n) is 24.9. The van der Waals surface area contributed by atoms with Gasteiger partial charge < -0.3 is 39.7 Å². The summed E-state index contributed by atoms with van der Waals surface area (Å²) >= 11 is 7.94. The fourth-order valence-corrected chi connectivity index (χ4v) is 11.4. The minimum absolute atomic E-state index is 0.00280. The van der Waals surface area contributed by atoms with Crippen LogP contribution >= 0.6 is 22.9 Å². The van der Waals surface area contributed by atoms with Crippen molar-refractivity contribution in [3.05, 3.63) is 141 Å². The molecule has 3 aliphatic rings. The number of nitrogens with zero attached hydrogens (tertiary/aromatic N) is 7. The fourth-order valence-electron chi connectivity index (χ4n) is 10.1. The second kappa shape index (κ2) is 19.9. The van der Waals surface area contributed by atoms with E-state index in [0.717, 1.165) is 55.2 Å². The van der Waals surface area contributed by atoms with Crippen molar-refractivity contribution in [2.24, 2.45) is 10.4 Å². The number of hydrogen-bond donors (Lipinski definition) is 4. The minimum atomic E-state index is -1.06. The van der Waals surface area contributed by atoms with Crippen molar-refractivity contribution in [2.75, 3.05) is 6.54 Å². The Morgan fingerprint density at radius 2 is 1.68 bits per heavy atom. The Balaban J connectivity index is 0.754. The molecule has 7 aromatic rings. The second-order valence-electron chi connectivity index (χ2n) is 20.7. The number of carbonyl (C=O) groups excluding carboxylic acids is 4. The Labute approximate surface area is 437 Å². The number of hydrogen-bond acceptors (Lipinski definition) is 12. The molecule has 0 unspecified atom stereocenters. The normalized spacial score (nSPS) is 20.2. The van der Waals surface area contributed by atoms with Gasteiger partial charge in [-0.2, -0.15) is 0 Å². The van der Waals surface area contributed by atoms with Crippen LogP contribution in [0.5, 0.6) is 5.75 Å². The number of nitrogens with one attached hydrogen (secondary N) is 3. The summed E-state index contributed by atoms with van der Waals surface area (Å²) in [5.41, 5.74) is 5.27. The third-order valence-electron chi connectivity index (χ3n) is 14.3. The topological polar surface area (TPSA) is 211 Å². The molecule has 4 N–H and O–H groups in total. The maximum Gasteiger partial charge on any atom is 0.287 e. The molecule has 1 saturated carbocycles. The van der Waals surface area contributed by atoms with Crippen LogP contribution in [0.25, 0.3) is 21.7 Å². The summed E-state index contributed by atoms with van der Waals surface area (Å²) in [6, 6.07) is 19.2. The van der Waals surface area contributed by atoms with Crippen LogP contribution in [0.1, 0.15) is 121 Å². The maximum absolute atomic E-state index is 14.4. The van der Waals surface area contributed by atoms with Gasteiger partial charge in [-0.25, -0.2) is 4.98 Å². The number of likely N-dealkylation sites (tertiary alicyclic amines) is 1. The number of carbonyl (C=O) groups is 4. The Morgan fingerprint density at radius 1 is 0.932 bits per heavy atom. The molecule has 0 radical (unpaired) electrons. The van der Waals surface area contributed by atoms with Gasteiger partial charge in [-0.1, -0.05) is 56.6 Å². The standard InChI is InChI=1S/C55H59ClN10O7S/c1-28-30(3)74-54-47(28)48(34-9-13-36(56)14-10-34)60-42(50-63-62-32(5)66(50)54)26-46(68)59-37-23-41(24-37)72-40-17-18-44-35(21-40)22-45(73-44)52(70)61-49(55(6,7)8)53(71)65-27-39(67)25-43(65)51(69)58-29(2)33-11-15-38(16-12-33)64-20-19-57-31(64)4/h9-22,29,37,39,41-43,49,67H,23-27H2,1-8H3,(H,58,69)(H,59,68)(H,61,70)/t29-,37-,39+,41+,42-,43-,49+/m0/s1. The van der Waals surface area contributed by atoms with Gasteiger partial charge >= 0.3 is 0 Å². The molecule has 1 saturated heterocycles. The molecule has 4 aromatic heterocycles. The van der Waals surface area contributed by atoms with Gasteiger partial charge in [0.05, 0.1) is 24.3 Å².